The summed E-state index contributed by atoms with van der Waals surface area (Å²) >= 11 is 5.94. The standard InChI is InChI=1S/C16H18ClN3O/c17-13-3-5-15(21)12(9-13)10-18-14-4-6-16(19-11-14)20-7-1-2-8-20/h3-6,9,11,18,21H,1-2,7-8,10H2. The van der Waals surface area contributed by atoms with Crippen LogP contribution in [0.3, 0.4) is 0 Å². The highest BCUT2D eigenvalue weighted by molar-refractivity contribution is 6.30. The molecule has 0 amide bonds. The molecule has 21 heavy (non-hydrogen) atoms. The minimum absolute atomic E-state index is 0.244. The van der Waals surface area contributed by atoms with Crippen molar-refractivity contribution in [2.45, 2.75) is 19.4 Å². The largest absolute Gasteiger partial charge is 0.508 e. The van der Waals surface area contributed by atoms with E-state index in [1.165, 1.54) is 12.8 Å². The third-order valence-corrected chi connectivity index (χ3v) is 3.94. The van der Waals surface area contributed by atoms with Gasteiger partial charge in [-0.15, -0.1) is 0 Å². The van der Waals surface area contributed by atoms with E-state index in [0.717, 1.165) is 30.2 Å². The normalized spacial score (nSPS) is 14.4. The average Bonchev–Trinajstić information content (AvgIpc) is 3.03. The zero-order valence-electron chi connectivity index (χ0n) is 11.7. The summed E-state index contributed by atoms with van der Waals surface area (Å²) in [5.74, 6) is 1.28. The lowest BCUT2D eigenvalue weighted by molar-refractivity contribution is 0.469. The second-order valence-electron chi connectivity index (χ2n) is 5.23. The molecule has 0 aliphatic carbocycles. The number of nitrogens with zero attached hydrogens (tertiary/aromatic N) is 2. The lowest BCUT2D eigenvalue weighted by atomic mass is 10.2. The Bertz CT molecular complexity index is 609. The highest BCUT2D eigenvalue weighted by Crippen LogP contribution is 2.23. The molecule has 0 atom stereocenters. The molecule has 3 rings (SSSR count). The van der Waals surface area contributed by atoms with Gasteiger partial charge >= 0.3 is 0 Å². The van der Waals surface area contributed by atoms with Crippen molar-refractivity contribution in [2.75, 3.05) is 23.3 Å². The van der Waals surface area contributed by atoms with Gasteiger partial charge in [0.15, 0.2) is 0 Å². The summed E-state index contributed by atoms with van der Waals surface area (Å²) in [7, 11) is 0. The molecular formula is C16H18ClN3O. The van der Waals surface area contributed by atoms with Crippen LogP contribution < -0.4 is 10.2 Å². The molecule has 0 saturated carbocycles. The second kappa shape index (κ2) is 6.22. The molecule has 4 nitrogen and oxygen atoms in total. The Labute approximate surface area is 129 Å². The number of hydrogen-bond acceptors (Lipinski definition) is 4. The minimum Gasteiger partial charge on any atom is -0.508 e. The van der Waals surface area contributed by atoms with Crippen LogP contribution in [0.15, 0.2) is 36.5 Å². The maximum absolute atomic E-state index is 9.78. The third-order valence-electron chi connectivity index (χ3n) is 3.70. The van der Waals surface area contributed by atoms with Gasteiger partial charge in [0.05, 0.1) is 11.9 Å². The van der Waals surface area contributed by atoms with E-state index in [1.807, 2.05) is 18.3 Å². The lowest BCUT2D eigenvalue weighted by Crippen LogP contribution is -2.18. The number of phenolic OH excluding ortho intramolecular Hbond substituents is 1. The lowest BCUT2D eigenvalue weighted by Gasteiger charge is -2.16. The van der Waals surface area contributed by atoms with Crippen molar-refractivity contribution >= 4 is 23.1 Å². The van der Waals surface area contributed by atoms with Crippen LogP contribution in [0.5, 0.6) is 5.75 Å². The van der Waals surface area contributed by atoms with Crippen molar-refractivity contribution < 1.29 is 5.11 Å². The van der Waals surface area contributed by atoms with Gasteiger partial charge in [-0.1, -0.05) is 11.6 Å². The van der Waals surface area contributed by atoms with E-state index >= 15 is 0 Å². The first-order chi connectivity index (χ1) is 10.2. The van der Waals surface area contributed by atoms with Crippen molar-refractivity contribution in [3.63, 3.8) is 0 Å². The molecule has 0 bridgehead atoms. The first kappa shape index (κ1) is 14.0. The van der Waals surface area contributed by atoms with Crippen LogP contribution in [0.2, 0.25) is 5.02 Å². The summed E-state index contributed by atoms with van der Waals surface area (Å²) in [5, 5.41) is 13.6. The molecule has 1 saturated heterocycles. The van der Waals surface area contributed by atoms with Crippen molar-refractivity contribution in [3.05, 3.63) is 47.1 Å². The Morgan fingerprint density at radius 3 is 2.71 bits per heavy atom. The summed E-state index contributed by atoms with van der Waals surface area (Å²) in [6.45, 7) is 2.70. The number of benzene rings is 1. The van der Waals surface area contributed by atoms with E-state index in [4.69, 9.17) is 11.6 Å². The topological polar surface area (TPSA) is 48.4 Å². The van der Waals surface area contributed by atoms with Crippen LogP contribution in [0.1, 0.15) is 18.4 Å². The first-order valence-electron chi connectivity index (χ1n) is 7.14. The molecule has 2 N–H and O–H groups in total. The Morgan fingerprint density at radius 1 is 1.19 bits per heavy atom. The summed E-state index contributed by atoms with van der Waals surface area (Å²) in [4.78, 5) is 6.79. The Morgan fingerprint density at radius 2 is 2.00 bits per heavy atom. The van der Waals surface area contributed by atoms with Crippen LogP contribution in [-0.2, 0) is 6.54 Å². The summed E-state index contributed by atoms with van der Waals surface area (Å²) in [5.41, 5.74) is 1.70. The fourth-order valence-corrected chi connectivity index (χ4v) is 2.71. The third kappa shape index (κ3) is 3.39. The number of anilines is 2. The van der Waals surface area contributed by atoms with Gasteiger partial charge in [0.1, 0.15) is 11.6 Å². The van der Waals surface area contributed by atoms with Crippen LogP contribution in [-0.4, -0.2) is 23.2 Å². The van der Waals surface area contributed by atoms with Gasteiger partial charge in [-0.2, -0.15) is 0 Å². The van der Waals surface area contributed by atoms with E-state index in [0.29, 0.717) is 11.6 Å². The van der Waals surface area contributed by atoms with E-state index in [2.05, 4.69) is 15.2 Å². The quantitative estimate of drug-likeness (QED) is 0.905. The van der Waals surface area contributed by atoms with E-state index in [1.54, 1.807) is 18.2 Å². The molecule has 1 fully saturated rings. The number of halogens is 1. The van der Waals surface area contributed by atoms with E-state index < -0.39 is 0 Å². The number of nitrogens with one attached hydrogen (secondary N) is 1. The van der Waals surface area contributed by atoms with Gasteiger partial charge in [0, 0.05) is 30.2 Å². The number of pyridine rings is 1. The molecule has 1 aromatic carbocycles. The maximum Gasteiger partial charge on any atom is 0.128 e. The predicted octanol–water partition coefficient (Wildman–Crippen LogP) is 3.65. The van der Waals surface area contributed by atoms with Crippen LogP contribution in [0.4, 0.5) is 11.5 Å². The number of rotatable bonds is 4. The van der Waals surface area contributed by atoms with Crippen LogP contribution >= 0.6 is 11.6 Å². The Balaban J connectivity index is 1.64. The predicted molar refractivity (Wildman–Crippen MR) is 86.1 cm³/mol. The van der Waals surface area contributed by atoms with Crippen molar-refractivity contribution in [2.24, 2.45) is 0 Å². The monoisotopic (exact) mass is 303 g/mol. The number of aromatic nitrogens is 1. The summed E-state index contributed by atoms with van der Waals surface area (Å²) in [6.07, 6.45) is 4.32. The summed E-state index contributed by atoms with van der Waals surface area (Å²) < 4.78 is 0. The minimum atomic E-state index is 0.244. The molecule has 0 unspecified atom stereocenters. The Hall–Kier alpha value is -1.94. The molecule has 2 aromatic rings. The molecular weight excluding hydrogens is 286 g/mol. The smallest absolute Gasteiger partial charge is 0.128 e. The average molecular weight is 304 g/mol. The summed E-state index contributed by atoms with van der Waals surface area (Å²) in [6, 6.07) is 9.09. The van der Waals surface area contributed by atoms with Gasteiger partial charge < -0.3 is 15.3 Å². The van der Waals surface area contributed by atoms with Gasteiger partial charge in [-0.3, -0.25) is 0 Å². The van der Waals surface area contributed by atoms with Gasteiger partial charge in [-0.05, 0) is 43.2 Å². The fraction of sp³-hybridized carbons (Fsp3) is 0.312. The zero-order chi connectivity index (χ0) is 14.7. The van der Waals surface area contributed by atoms with Gasteiger partial charge in [0.25, 0.3) is 0 Å². The first-order valence-corrected chi connectivity index (χ1v) is 7.52. The molecule has 2 heterocycles. The van der Waals surface area contributed by atoms with Crippen LogP contribution in [0.25, 0.3) is 0 Å². The molecule has 0 radical (unpaired) electrons. The Kier molecular flexibility index (Phi) is 4.15. The highest BCUT2D eigenvalue weighted by Gasteiger charge is 2.12. The molecule has 0 spiro atoms. The van der Waals surface area contributed by atoms with Crippen LogP contribution in [0, 0.1) is 0 Å². The van der Waals surface area contributed by atoms with E-state index in [-0.39, 0.29) is 5.75 Å². The molecule has 1 aliphatic rings. The molecule has 1 aromatic heterocycles. The maximum atomic E-state index is 9.78. The number of hydrogen-bond donors (Lipinski definition) is 2. The van der Waals surface area contributed by atoms with Crippen molar-refractivity contribution in [1.29, 1.82) is 0 Å². The van der Waals surface area contributed by atoms with Crippen molar-refractivity contribution in [1.82, 2.24) is 4.98 Å². The molecule has 1 aliphatic heterocycles. The van der Waals surface area contributed by atoms with Gasteiger partial charge in [0.2, 0.25) is 0 Å². The number of aromatic hydroxyl groups is 1. The van der Waals surface area contributed by atoms with Gasteiger partial charge in [-0.25, -0.2) is 4.98 Å². The molecule has 110 valence electrons. The zero-order valence-corrected chi connectivity index (χ0v) is 12.5. The fourth-order valence-electron chi connectivity index (χ4n) is 2.52. The number of phenols is 1. The second-order valence-corrected chi connectivity index (χ2v) is 5.66. The molecule has 5 heteroatoms. The van der Waals surface area contributed by atoms with E-state index in [9.17, 15) is 5.11 Å². The van der Waals surface area contributed by atoms with Crippen molar-refractivity contribution in [3.8, 4) is 5.75 Å². The highest BCUT2D eigenvalue weighted by atomic mass is 35.5. The SMILES string of the molecule is Oc1ccc(Cl)cc1CNc1ccc(N2CCCC2)nc1.